The molecule has 2 atom stereocenters. The Labute approximate surface area is 122 Å². The van der Waals surface area contributed by atoms with Crippen molar-refractivity contribution in [1.29, 1.82) is 0 Å². The fraction of sp³-hybridized carbons (Fsp3) is 0.375. The van der Waals surface area contributed by atoms with Crippen molar-refractivity contribution < 1.29 is 14.7 Å². The van der Waals surface area contributed by atoms with Crippen molar-refractivity contribution in [1.82, 2.24) is 4.90 Å². The van der Waals surface area contributed by atoms with E-state index in [1.165, 1.54) is 11.1 Å². The number of hydrogen-bond acceptors (Lipinski definition) is 5. The maximum Gasteiger partial charge on any atom is 0.342 e. The fourth-order valence-electron chi connectivity index (χ4n) is 3.76. The van der Waals surface area contributed by atoms with Crippen LogP contribution in [-0.4, -0.2) is 34.4 Å². The number of ether oxygens (including phenoxy) is 1. The zero-order valence-corrected chi connectivity index (χ0v) is 11.7. The largest absolute Gasteiger partial charge is 0.453 e. The lowest BCUT2D eigenvalue weighted by molar-refractivity contribution is -0.138. The first-order chi connectivity index (χ1) is 10.2. The second-order valence-corrected chi connectivity index (χ2v) is 5.72. The molecule has 1 aromatic carbocycles. The molecular weight excluding hydrogens is 268 g/mol. The Morgan fingerprint density at radius 2 is 2.19 bits per heavy atom. The molecule has 1 N–H and O–H groups in total. The van der Waals surface area contributed by atoms with Crippen molar-refractivity contribution >= 4 is 11.7 Å². The van der Waals surface area contributed by atoms with Crippen LogP contribution in [0.3, 0.4) is 0 Å². The van der Waals surface area contributed by atoms with Gasteiger partial charge in [-0.1, -0.05) is 29.4 Å². The SMILES string of the molecule is C[C@@H]1OC(=O)C2=C1N1CCc3ccccc3C1C/C2=N\O. The van der Waals surface area contributed by atoms with E-state index in [1.807, 2.05) is 19.1 Å². The Morgan fingerprint density at radius 3 is 3.00 bits per heavy atom. The van der Waals surface area contributed by atoms with Gasteiger partial charge in [0, 0.05) is 13.0 Å². The molecule has 4 rings (SSSR count). The molecule has 0 aromatic heterocycles. The van der Waals surface area contributed by atoms with Crippen molar-refractivity contribution in [2.75, 3.05) is 6.54 Å². The number of cyclic esters (lactones) is 1. The molecule has 0 fully saturated rings. The molecule has 1 unspecified atom stereocenters. The van der Waals surface area contributed by atoms with Gasteiger partial charge in [-0.25, -0.2) is 4.79 Å². The summed E-state index contributed by atoms with van der Waals surface area (Å²) in [6.07, 6.45) is 1.21. The van der Waals surface area contributed by atoms with E-state index in [9.17, 15) is 10.0 Å². The summed E-state index contributed by atoms with van der Waals surface area (Å²) >= 11 is 0. The number of rotatable bonds is 0. The second-order valence-electron chi connectivity index (χ2n) is 5.72. The van der Waals surface area contributed by atoms with Gasteiger partial charge in [-0.15, -0.1) is 0 Å². The van der Waals surface area contributed by atoms with Gasteiger partial charge in [-0.05, 0) is 24.5 Å². The smallest absolute Gasteiger partial charge is 0.342 e. The van der Waals surface area contributed by atoms with Crippen LogP contribution >= 0.6 is 0 Å². The molecule has 108 valence electrons. The van der Waals surface area contributed by atoms with Gasteiger partial charge < -0.3 is 14.8 Å². The monoisotopic (exact) mass is 284 g/mol. The maximum atomic E-state index is 12.0. The van der Waals surface area contributed by atoms with Gasteiger partial charge in [0.15, 0.2) is 0 Å². The van der Waals surface area contributed by atoms with E-state index in [4.69, 9.17) is 4.74 Å². The summed E-state index contributed by atoms with van der Waals surface area (Å²) in [5.74, 6) is -0.373. The van der Waals surface area contributed by atoms with E-state index in [-0.39, 0.29) is 18.1 Å². The highest BCUT2D eigenvalue weighted by Gasteiger charge is 2.45. The van der Waals surface area contributed by atoms with Gasteiger partial charge in [-0.3, -0.25) is 0 Å². The number of carbonyl (C=O) groups excluding carboxylic acids is 1. The van der Waals surface area contributed by atoms with Crippen LogP contribution in [0.2, 0.25) is 0 Å². The normalized spacial score (nSPS) is 29.1. The molecule has 0 radical (unpaired) electrons. The highest BCUT2D eigenvalue weighted by molar-refractivity contribution is 6.22. The highest BCUT2D eigenvalue weighted by atomic mass is 16.5. The summed E-state index contributed by atoms with van der Waals surface area (Å²) < 4.78 is 5.33. The molecule has 0 aliphatic carbocycles. The van der Waals surface area contributed by atoms with Crippen molar-refractivity contribution in [2.45, 2.75) is 31.9 Å². The van der Waals surface area contributed by atoms with Gasteiger partial charge in [0.25, 0.3) is 0 Å². The van der Waals surface area contributed by atoms with Gasteiger partial charge in [0.05, 0.1) is 17.5 Å². The molecule has 1 aromatic rings. The van der Waals surface area contributed by atoms with E-state index >= 15 is 0 Å². The summed E-state index contributed by atoms with van der Waals surface area (Å²) in [5.41, 5.74) is 4.36. The fourth-order valence-corrected chi connectivity index (χ4v) is 3.76. The van der Waals surface area contributed by atoms with Crippen LogP contribution in [0.15, 0.2) is 40.7 Å². The van der Waals surface area contributed by atoms with Crippen LogP contribution in [0.5, 0.6) is 0 Å². The second kappa shape index (κ2) is 4.35. The predicted octanol–water partition coefficient (Wildman–Crippen LogP) is 2.02. The quantitative estimate of drug-likeness (QED) is 0.450. The van der Waals surface area contributed by atoms with Crippen molar-refractivity contribution in [2.24, 2.45) is 5.16 Å². The molecule has 0 amide bonds. The molecule has 0 bridgehead atoms. The molecule has 0 spiro atoms. The van der Waals surface area contributed by atoms with Gasteiger partial charge in [0.2, 0.25) is 0 Å². The zero-order valence-electron chi connectivity index (χ0n) is 11.7. The number of nitrogens with zero attached hydrogens (tertiary/aromatic N) is 2. The lowest BCUT2D eigenvalue weighted by atomic mass is 9.84. The summed E-state index contributed by atoms with van der Waals surface area (Å²) in [5, 5.41) is 12.7. The van der Waals surface area contributed by atoms with Gasteiger partial charge in [-0.2, -0.15) is 0 Å². The number of oxime groups is 1. The van der Waals surface area contributed by atoms with Crippen molar-refractivity contribution in [3.05, 3.63) is 46.7 Å². The number of esters is 1. The van der Waals surface area contributed by atoms with Crippen LogP contribution in [0.25, 0.3) is 0 Å². The predicted molar refractivity (Wildman–Crippen MR) is 76.0 cm³/mol. The molecule has 5 nitrogen and oxygen atoms in total. The van der Waals surface area contributed by atoms with E-state index in [1.54, 1.807) is 0 Å². The van der Waals surface area contributed by atoms with Crippen molar-refractivity contribution in [3.63, 3.8) is 0 Å². The molecular formula is C16H16N2O3. The number of benzene rings is 1. The first kappa shape index (κ1) is 12.4. The summed E-state index contributed by atoms with van der Waals surface area (Å²) in [7, 11) is 0. The number of fused-ring (bicyclic) bond motifs is 4. The third-order valence-electron chi connectivity index (χ3n) is 4.65. The number of hydrogen-bond donors (Lipinski definition) is 1. The molecule has 0 saturated heterocycles. The third-order valence-corrected chi connectivity index (χ3v) is 4.65. The zero-order chi connectivity index (χ0) is 14.6. The van der Waals surface area contributed by atoms with E-state index in [2.05, 4.69) is 22.2 Å². The van der Waals surface area contributed by atoms with Crippen LogP contribution in [0.1, 0.15) is 30.5 Å². The Kier molecular flexibility index (Phi) is 2.58. The Morgan fingerprint density at radius 1 is 1.38 bits per heavy atom. The van der Waals surface area contributed by atoms with Crippen LogP contribution < -0.4 is 0 Å². The minimum absolute atomic E-state index is 0.122. The Bertz CT molecular complexity index is 693. The van der Waals surface area contributed by atoms with Crippen molar-refractivity contribution in [3.8, 4) is 0 Å². The minimum atomic E-state index is -0.373. The van der Waals surface area contributed by atoms with Gasteiger partial charge in [0.1, 0.15) is 11.7 Å². The van der Waals surface area contributed by atoms with E-state index in [0.717, 1.165) is 18.7 Å². The Balaban J connectivity index is 1.88. The number of carbonyl (C=O) groups is 1. The van der Waals surface area contributed by atoms with Crippen LogP contribution in [0.4, 0.5) is 0 Å². The minimum Gasteiger partial charge on any atom is -0.453 e. The molecule has 3 heterocycles. The molecule has 0 saturated carbocycles. The van der Waals surface area contributed by atoms with E-state index < -0.39 is 0 Å². The first-order valence-corrected chi connectivity index (χ1v) is 7.21. The molecule has 3 aliphatic heterocycles. The third kappa shape index (κ3) is 1.63. The van der Waals surface area contributed by atoms with Crippen LogP contribution in [-0.2, 0) is 16.0 Å². The molecule has 5 heteroatoms. The summed E-state index contributed by atoms with van der Waals surface area (Å²) in [6, 6.07) is 8.47. The lowest BCUT2D eigenvalue weighted by Gasteiger charge is -2.43. The first-order valence-electron chi connectivity index (χ1n) is 7.21. The van der Waals surface area contributed by atoms with Gasteiger partial charge >= 0.3 is 5.97 Å². The summed E-state index contributed by atoms with van der Waals surface area (Å²) in [4.78, 5) is 14.3. The average molecular weight is 284 g/mol. The lowest BCUT2D eigenvalue weighted by Crippen LogP contribution is -2.42. The maximum absolute atomic E-state index is 12.0. The molecule has 21 heavy (non-hydrogen) atoms. The van der Waals surface area contributed by atoms with Crippen LogP contribution in [0, 0.1) is 0 Å². The standard InChI is InChI=1S/C16H16N2O3/c1-9-15-14(16(19)21-9)12(17-20)8-13-11-5-3-2-4-10(11)6-7-18(13)15/h2-5,9,13,20H,6-8H2,1H3/b17-12+/t9-,13?/m0/s1. The topological polar surface area (TPSA) is 62.1 Å². The Hall–Kier alpha value is -2.30. The summed E-state index contributed by atoms with van der Waals surface area (Å²) in [6.45, 7) is 2.73. The molecule has 3 aliphatic rings. The highest BCUT2D eigenvalue weighted by Crippen LogP contribution is 2.43. The van der Waals surface area contributed by atoms with E-state index in [0.29, 0.717) is 17.7 Å². The average Bonchev–Trinajstić information content (AvgIpc) is 2.81.